The van der Waals surface area contributed by atoms with Crippen LogP contribution in [0.5, 0.6) is 0 Å². The molecular formula is C13H8ClFN2. The monoisotopic (exact) mass is 246 g/mol. The fraction of sp³-hybridized carbons (Fsp3) is 0. The fourth-order valence-electron chi connectivity index (χ4n) is 1.41. The molecule has 4 heteroatoms. The van der Waals surface area contributed by atoms with Crippen molar-refractivity contribution in [2.75, 3.05) is 5.32 Å². The normalized spacial score (nSPS) is 9.71. The van der Waals surface area contributed by atoms with E-state index in [2.05, 4.69) is 5.32 Å². The van der Waals surface area contributed by atoms with Gasteiger partial charge in [-0.2, -0.15) is 5.26 Å². The Morgan fingerprint density at radius 2 is 2.00 bits per heavy atom. The van der Waals surface area contributed by atoms with Gasteiger partial charge in [0.2, 0.25) is 0 Å². The second-order valence-electron chi connectivity index (χ2n) is 3.44. The summed E-state index contributed by atoms with van der Waals surface area (Å²) in [6, 6.07) is 13.2. The molecule has 0 aliphatic carbocycles. The maximum atomic E-state index is 13.5. The molecule has 0 atom stereocenters. The van der Waals surface area contributed by atoms with Gasteiger partial charge in [0.25, 0.3) is 0 Å². The Morgan fingerprint density at radius 1 is 1.18 bits per heavy atom. The zero-order valence-corrected chi connectivity index (χ0v) is 9.50. The zero-order valence-electron chi connectivity index (χ0n) is 8.74. The Labute approximate surface area is 103 Å². The van der Waals surface area contributed by atoms with Crippen LogP contribution in [-0.4, -0.2) is 0 Å². The molecule has 2 rings (SSSR count). The number of hydrogen-bond acceptors (Lipinski definition) is 2. The van der Waals surface area contributed by atoms with E-state index in [9.17, 15) is 4.39 Å². The van der Waals surface area contributed by atoms with Crippen molar-refractivity contribution in [2.24, 2.45) is 0 Å². The van der Waals surface area contributed by atoms with Crippen molar-refractivity contribution in [3.8, 4) is 6.07 Å². The molecule has 84 valence electrons. The lowest BCUT2D eigenvalue weighted by molar-refractivity contribution is 0.632. The average Bonchev–Trinajstić information content (AvgIpc) is 2.33. The fourth-order valence-corrected chi connectivity index (χ4v) is 1.57. The van der Waals surface area contributed by atoms with Gasteiger partial charge in [-0.3, -0.25) is 0 Å². The molecule has 0 bridgehead atoms. The van der Waals surface area contributed by atoms with Crippen LogP contribution in [0.4, 0.5) is 15.8 Å². The molecule has 0 saturated carbocycles. The van der Waals surface area contributed by atoms with Gasteiger partial charge < -0.3 is 5.32 Å². The number of rotatable bonds is 2. The van der Waals surface area contributed by atoms with Gasteiger partial charge in [0.1, 0.15) is 5.82 Å². The highest BCUT2D eigenvalue weighted by Gasteiger charge is 2.03. The minimum Gasteiger partial charge on any atom is -0.353 e. The summed E-state index contributed by atoms with van der Waals surface area (Å²) in [5, 5.41) is 12.0. The minimum absolute atomic E-state index is 0.324. The largest absolute Gasteiger partial charge is 0.353 e. The zero-order chi connectivity index (χ0) is 12.3. The van der Waals surface area contributed by atoms with Crippen molar-refractivity contribution >= 4 is 23.0 Å². The lowest BCUT2D eigenvalue weighted by Gasteiger charge is -2.07. The maximum absolute atomic E-state index is 13.5. The predicted octanol–water partition coefficient (Wildman–Crippen LogP) is 4.09. The van der Waals surface area contributed by atoms with Crippen molar-refractivity contribution in [3.05, 3.63) is 58.9 Å². The lowest BCUT2D eigenvalue weighted by Crippen LogP contribution is -1.93. The molecule has 17 heavy (non-hydrogen) atoms. The molecule has 0 unspecified atom stereocenters. The molecule has 2 aromatic rings. The van der Waals surface area contributed by atoms with Crippen LogP contribution in [-0.2, 0) is 0 Å². The third kappa shape index (κ3) is 2.74. The molecular weight excluding hydrogens is 239 g/mol. The molecule has 0 radical (unpaired) electrons. The molecule has 0 saturated heterocycles. The molecule has 0 fully saturated rings. The van der Waals surface area contributed by atoms with Crippen molar-refractivity contribution in [1.82, 2.24) is 0 Å². The van der Waals surface area contributed by atoms with E-state index in [1.807, 2.05) is 6.07 Å². The predicted molar refractivity (Wildman–Crippen MR) is 65.8 cm³/mol. The van der Waals surface area contributed by atoms with Gasteiger partial charge in [0.05, 0.1) is 17.3 Å². The first-order valence-electron chi connectivity index (χ1n) is 4.91. The molecule has 1 N–H and O–H groups in total. The quantitative estimate of drug-likeness (QED) is 0.866. The highest BCUT2D eigenvalue weighted by atomic mass is 35.5. The Balaban J connectivity index is 2.28. The van der Waals surface area contributed by atoms with Gasteiger partial charge in [-0.25, -0.2) is 4.39 Å². The van der Waals surface area contributed by atoms with Gasteiger partial charge >= 0.3 is 0 Å². The van der Waals surface area contributed by atoms with Crippen LogP contribution in [0.3, 0.4) is 0 Å². The summed E-state index contributed by atoms with van der Waals surface area (Å²) >= 11 is 5.66. The SMILES string of the molecule is N#Cc1cccc(Nc2ccc(Cl)cc2F)c1. The molecule has 2 aromatic carbocycles. The summed E-state index contributed by atoms with van der Waals surface area (Å²) in [5.41, 5.74) is 1.50. The summed E-state index contributed by atoms with van der Waals surface area (Å²) in [5.74, 6) is -0.431. The molecule has 0 amide bonds. The van der Waals surface area contributed by atoms with E-state index < -0.39 is 5.82 Å². The van der Waals surface area contributed by atoms with Gasteiger partial charge in [-0.05, 0) is 36.4 Å². The van der Waals surface area contributed by atoms with E-state index in [0.29, 0.717) is 22.0 Å². The lowest BCUT2D eigenvalue weighted by atomic mass is 10.2. The first-order chi connectivity index (χ1) is 8.19. The molecule has 0 aliphatic rings. The summed E-state index contributed by atoms with van der Waals surface area (Å²) in [7, 11) is 0. The van der Waals surface area contributed by atoms with Crippen molar-refractivity contribution in [1.29, 1.82) is 5.26 Å². The molecule has 0 aromatic heterocycles. The van der Waals surface area contributed by atoms with Crippen molar-refractivity contribution < 1.29 is 4.39 Å². The topological polar surface area (TPSA) is 35.8 Å². The minimum atomic E-state index is -0.431. The first-order valence-corrected chi connectivity index (χ1v) is 5.29. The molecule has 2 nitrogen and oxygen atoms in total. The Kier molecular flexibility index (Phi) is 3.27. The van der Waals surface area contributed by atoms with Crippen LogP contribution < -0.4 is 5.32 Å². The second kappa shape index (κ2) is 4.86. The van der Waals surface area contributed by atoms with E-state index in [1.165, 1.54) is 6.07 Å². The summed E-state index contributed by atoms with van der Waals surface area (Å²) < 4.78 is 13.5. The smallest absolute Gasteiger partial charge is 0.148 e. The van der Waals surface area contributed by atoms with E-state index >= 15 is 0 Å². The molecule has 0 heterocycles. The summed E-state index contributed by atoms with van der Waals surface area (Å²) in [6.07, 6.45) is 0. The van der Waals surface area contributed by atoms with E-state index in [4.69, 9.17) is 16.9 Å². The van der Waals surface area contributed by atoms with E-state index in [-0.39, 0.29) is 0 Å². The highest BCUT2D eigenvalue weighted by molar-refractivity contribution is 6.30. The maximum Gasteiger partial charge on any atom is 0.148 e. The van der Waals surface area contributed by atoms with Gasteiger partial charge in [-0.1, -0.05) is 17.7 Å². The third-order valence-electron chi connectivity index (χ3n) is 2.20. The second-order valence-corrected chi connectivity index (χ2v) is 3.88. The number of hydrogen-bond donors (Lipinski definition) is 1. The Morgan fingerprint density at radius 3 is 2.71 bits per heavy atom. The van der Waals surface area contributed by atoms with Crippen LogP contribution in [0.1, 0.15) is 5.56 Å². The van der Waals surface area contributed by atoms with Crippen molar-refractivity contribution in [2.45, 2.75) is 0 Å². The number of nitrogens with zero attached hydrogens (tertiary/aromatic N) is 1. The Hall–Kier alpha value is -2.05. The first kappa shape index (κ1) is 11.4. The standard InChI is InChI=1S/C13H8ClFN2/c14-10-4-5-13(12(15)7-10)17-11-3-1-2-9(6-11)8-16/h1-7,17H. The van der Waals surface area contributed by atoms with E-state index in [1.54, 1.807) is 36.4 Å². The van der Waals surface area contributed by atoms with Crippen LogP contribution in [0.25, 0.3) is 0 Å². The number of benzene rings is 2. The third-order valence-corrected chi connectivity index (χ3v) is 2.44. The molecule has 0 spiro atoms. The van der Waals surface area contributed by atoms with Crippen LogP contribution in [0, 0.1) is 17.1 Å². The number of nitriles is 1. The van der Waals surface area contributed by atoms with E-state index in [0.717, 1.165) is 0 Å². The number of nitrogens with one attached hydrogen (secondary N) is 1. The van der Waals surface area contributed by atoms with Crippen molar-refractivity contribution in [3.63, 3.8) is 0 Å². The van der Waals surface area contributed by atoms with Crippen LogP contribution >= 0.6 is 11.6 Å². The Bertz CT molecular complexity index is 590. The molecule has 0 aliphatic heterocycles. The summed E-state index contributed by atoms with van der Waals surface area (Å²) in [4.78, 5) is 0. The van der Waals surface area contributed by atoms with Crippen LogP contribution in [0.2, 0.25) is 5.02 Å². The number of halogens is 2. The van der Waals surface area contributed by atoms with Gasteiger partial charge in [0.15, 0.2) is 0 Å². The average molecular weight is 247 g/mol. The van der Waals surface area contributed by atoms with Gasteiger partial charge in [-0.15, -0.1) is 0 Å². The van der Waals surface area contributed by atoms with Gasteiger partial charge in [0, 0.05) is 10.7 Å². The van der Waals surface area contributed by atoms with Crippen LogP contribution in [0.15, 0.2) is 42.5 Å². The number of anilines is 2. The summed E-state index contributed by atoms with van der Waals surface area (Å²) in [6.45, 7) is 0. The highest BCUT2D eigenvalue weighted by Crippen LogP contribution is 2.23.